The van der Waals surface area contributed by atoms with Crippen LogP contribution in [0.25, 0.3) is 16.4 Å². The quantitative estimate of drug-likeness (QED) is 0.492. The van der Waals surface area contributed by atoms with Crippen molar-refractivity contribution in [3.05, 3.63) is 71.0 Å². The molecular weight excluding hydrogens is 423 g/mol. The second kappa shape index (κ2) is 9.47. The number of aryl methyl sites for hydroxylation is 2. The summed E-state index contributed by atoms with van der Waals surface area (Å²) in [5, 5.41) is 12.8. The van der Waals surface area contributed by atoms with Crippen LogP contribution in [-0.4, -0.2) is 38.3 Å². The molecule has 30 heavy (non-hydrogen) atoms. The lowest BCUT2D eigenvalue weighted by atomic mass is 10.1. The molecule has 1 fully saturated rings. The molecule has 4 heterocycles. The highest BCUT2D eigenvalue weighted by molar-refractivity contribution is 5.92. The van der Waals surface area contributed by atoms with Gasteiger partial charge in [0.15, 0.2) is 0 Å². The van der Waals surface area contributed by atoms with Crippen LogP contribution in [0.1, 0.15) is 12.1 Å². The number of benzene rings is 1. The summed E-state index contributed by atoms with van der Waals surface area (Å²) >= 11 is 0. The van der Waals surface area contributed by atoms with Gasteiger partial charge in [0, 0.05) is 42.5 Å². The van der Waals surface area contributed by atoms with E-state index in [0.29, 0.717) is 24.4 Å². The van der Waals surface area contributed by atoms with E-state index in [1.54, 1.807) is 10.9 Å². The molecule has 4 aromatic rings. The Morgan fingerprint density at radius 1 is 1.17 bits per heavy atom. The van der Waals surface area contributed by atoms with Gasteiger partial charge in [-0.25, -0.2) is 9.67 Å². The zero-order valence-corrected chi connectivity index (χ0v) is 18.0. The van der Waals surface area contributed by atoms with Gasteiger partial charge in [0.25, 0.3) is 5.56 Å². The van der Waals surface area contributed by atoms with Crippen molar-refractivity contribution in [1.29, 1.82) is 0 Å². The molecule has 0 radical (unpaired) electrons. The Labute approximate surface area is 186 Å². The van der Waals surface area contributed by atoms with Crippen LogP contribution < -0.4 is 16.2 Å². The molecule has 3 aromatic heterocycles. The summed E-state index contributed by atoms with van der Waals surface area (Å²) in [6.07, 6.45) is 7.47. The maximum Gasteiger partial charge on any atom is 0.276 e. The Morgan fingerprint density at radius 2 is 2.07 bits per heavy atom. The minimum absolute atomic E-state index is 0. The van der Waals surface area contributed by atoms with E-state index in [1.807, 2.05) is 53.2 Å². The van der Waals surface area contributed by atoms with E-state index in [4.69, 9.17) is 0 Å². The Balaban J connectivity index is 0.00000128. The molecule has 1 atom stereocenters. The summed E-state index contributed by atoms with van der Waals surface area (Å²) in [4.78, 5) is 17.7. The Kier molecular flexibility index (Phi) is 6.97. The normalized spacial score (nSPS) is 15.7. The molecule has 5 rings (SSSR count). The fraction of sp³-hybridized carbons (Fsp3) is 0.286. The maximum atomic E-state index is 13.1. The third-order valence-corrected chi connectivity index (χ3v) is 5.29. The van der Waals surface area contributed by atoms with Crippen LogP contribution >= 0.6 is 24.8 Å². The van der Waals surface area contributed by atoms with E-state index in [9.17, 15) is 4.79 Å². The van der Waals surface area contributed by atoms with Gasteiger partial charge in [0.1, 0.15) is 5.65 Å². The largest absolute Gasteiger partial charge is 0.380 e. The number of halogens is 2. The number of hydrogen-bond acceptors (Lipinski definition) is 5. The van der Waals surface area contributed by atoms with Gasteiger partial charge in [-0.2, -0.15) is 5.10 Å². The van der Waals surface area contributed by atoms with Crippen LogP contribution in [0.5, 0.6) is 0 Å². The van der Waals surface area contributed by atoms with Gasteiger partial charge in [-0.1, -0.05) is 18.2 Å². The van der Waals surface area contributed by atoms with Gasteiger partial charge in [0.2, 0.25) is 0 Å². The number of fused-ring (bicyclic) bond motifs is 2. The molecule has 0 spiro atoms. The Bertz CT molecular complexity index is 1170. The van der Waals surface area contributed by atoms with Gasteiger partial charge >= 0.3 is 0 Å². The number of nitrogens with zero attached hydrogens (tertiary/aromatic N) is 4. The molecule has 9 heteroatoms. The molecule has 158 valence electrons. The first-order valence-electron chi connectivity index (χ1n) is 9.67. The van der Waals surface area contributed by atoms with E-state index in [-0.39, 0.29) is 30.4 Å². The molecule has 1 aromatic carbocycles. The zero-order valence-electron chi connectivity index (χ0n) is 16.3. The highest BCUT2D eigenvalue weighted by Crippen LogP contribution is 2.21. The summed E-state index contributed by atoms with van der Waals surface area (Å²) in [6, 6.07) is 12.2. The summed E-state index contributed by atoms with van der Waals surface area (Å²) in [7, 11) is 0. The first kappa shape index (κ1) is 22.1. The van der Waals surface area contributed by atoms with E-state index < -0.39 is 0 Å². The van der Waals surface area contributed by atoms with Crippen molar-refractivity contribution in [2.24, 2.45) is 0 Å². The summed E-state index contributed by atoms with van der Waals surface area (Å²) in [6.45, 7) is 2.43. The van der Waals surface area contributed by atoms with Gasteiger partial charge in [0.05, 0.1) is 23.8 Å². The second-order valence-electron chi connectivity index (χ2n) is 7.23. The Hall–Kier alpha value is -2.61. The molecule has 0 saturated carbocycles. The molecule has 0 unspecified atom stereocenters. The molecule has 2 N–H and O–H groups in total. The van der Waals surface area contributed by atoms with E-state index in [1.165, 1.54) is 0 Å². The fourth-order valence-corrected chi connectivity index (χ4v) is 3.84. The molecule has 0 amide bonds. The lowest BCUT2D eigenvalue weighted by molar-refractivity contribution is 0.580. The predicted octanol–water partition coefficient (Wildman–Crippen LogP) is 2.90. The molecule has 1 saturated heterocycles. The minimum atomic E-state index is -0.0599. The van der Waals surface area contributed by atoms with Crippen LogP contribution in [0.15, 0.2) is 59.8 Å². The van der Waals surface area contributed by atoms with Crippen molar-refractivity contribution in [1.82, 2.24) is 24.5 Å². The van der Waals surface area contributed by atoms with Gasteiger partial charge in [-0.05, 0) is 31.2 Å². The second-order valence-corrected chi connectivity index (χ2v) is 7.23. The number of rotatable bonds is 5. The van der Waals surface area contributed by atoms with Crippen LogP contribution in [0.3, 0.4) is 0 Å². The minimum Gasteiger partial charge on any atom is -0.380 e. The monoisotopic (exact) mass is 446 g/mol. The van der Waals surface area contributed by atoms with Crippen molar-refractivity contribution >= 4 is 46.9 Å². The average molecular weight is 447 g/mol. The zero-order chi connectivity index (χ0) is 18.9. The standard InChI is InChI=1S/C21H22N6O.2ClH/c28-21-20-15(4-3-5-18(20)24-16-7-9-22-13-16)12-23-27(21)11-8-17-14-26-10-2-1-6-19(26)25-17;;/h1-6,10,12,14,16,22,24H,7-9,11,13H2;2*1H/t16-;;/m1../s1. The lowest BCUT2D eigenvalue weighted by Gasteiger charge is -2.15. The molecule has 0 bridgehead atoms. The van der Waals surface area contributed by atoms with Gasteiger partial charge < -0.3 is 15.0 Å². The van der Waals surface area contributed by atoms with Crippen molar-refractivity contribution in [2.75, 3.05) is 18.4 Å². The van der Waals surface area contributed by atoms with Gasteiger partial charge in [-0.15, -0.1) is 24.8 Å². The third kappa shape index (κ3) is 4.28. The number of aromatic nitrogens is 4. The highest BCUT2D eigenvalue weighted by atomic mass is 35.5. The fourth-order valence-electron chi connectivity index (χ4n) is 3.84. The van der Waals surface area contributed by atoms with Crippen molar-refractivity contribution in [2.45, 2.75) is 25.4 Å². The lowest BCUT2D eigenvalue weighted by Crippen LogP contribution is -2.27. The van der Waals surface area contributed by atoms with Crippen LogP contribution in [0.2, 0.25) is 0 Å². The number of hydrogen-bond donors (Lipinski definition) is 2. The van der Waals surface area contributed by atoms with Crippen LogP contribution in [-0.2, 0) is 13.0 Å². The molecule has 0 aliphatic carbocycles. The predicted molar refractivity (Wildman–Crippen MR) is 124 cm³/mol. The first-order chi connectivity index (χ1) is 13.8. The maximum absolute atomic E-state index is 13.1. The topological polar surface area (TPSA) is 76.2 Å². The number of pyridine rings is 1. The first-order valence-corrected chi connectivity index (χ1v) is 9.67. The van der Waals surface area contributed by atoms with Crippen molar-refractivity contribution in [3.63, 3.8) is 0 Å². The Morgan fingerprint density at radius 3 is 2.87 bits per heavy atom. The molecular formula is C21H24Cl2N6O. The molecule has 1 aliphatic heterocycles. The van der Waals surface area contributed by atoms with Crippen molar-refractivity contribution in [3.8, 4) is 0 Å². The van der Waals surface area contributed by atoms with Crippen molar-refractivity contribution < 1.29 is 0 Å². The smallest absolute Gasteiger partial charge is 0.276 e. The molecule has 1 aliphatic rings. The third-order valence-electron chi connectivity index (χ3n) is 5.29. The SMILES string of the molecule is Cl.Cl.O=c1c2c(N[C@@H]3CCNC3)cccc2cnn1CCc1cn2ccccc2n1. The van der Waals surface area contributed by atoms with Crippen LogP contribution in [0, 0.1) is 0 Å². The number of anilines is 1. The number of nitrogens with one attached hydrogen (secondary N) is 2. The molecule has 7 nitrogen and oxygen atoms in total. The van der Waals surface area contributed by atoms with Crippen LogP contribution in [0.4, 0.5) is 5.69 Å². The van der Waals surface area contributed by atoms with E-state index in [2.05, 4.69) is 20.7 Å². The van der Waals surface area contributed by atoms with E-state index >= 15 is 0 Å². The highest BCUT2D eigenvalue weighted by Gasteiger charge is 2.16. The summed E-state index contributed by atoms with van der Waals surface area (Å²) < 4.78 is 3.54. The summed E-state index contributed by atoms with van der Waals surface area (Å²) in [5.74, 6) is 0. The average Bonchev–Trinajstić information content (AvgIpc) is 3.36. The van der Waals surface area contributed by atoms with Gasteiger partial charge in [-0.3, -0.25) is 4.79 Å². The summed E-state index contributed by atoms with van der Waals surface area (Å²) in [5.41, 5.74) is 2.69. The van der Waals surface area contributed by atoms with E-state index in [0.717, 1.165) is 41.9 Å². The number of imidazole rings is 1.